The van der Waals surface area contributed by atoms with Gasteiger partial charge in [0, 0.05) is 27.2 Å². The number of hydrogen-bond donors (Lipinski definition) is 2. The molecular formula is C18H31N3O2. The second kappa shape index (κ2) is 9.53. The number of methoxy groups -OCH3 is 1. The molecule has 1 rings (SSSR count). The molecule has 130 valence electrons. The molecule has 0 amide bonds. The van der Waals surface area contributed by atoms with E-state index < -0.39 is 0 Å². The van der Waals surface area contributed by atoms with Crippen LogP contribution < -0.4 is 10.6 Å². The van der Waals surface area contributed by atoms with Gasteiger partial charge in [-0.25, -0.2) is 0 Å². The maximum Gasteiger partial charge on any atom is 0.191 e. The van der Waals surface area contributed by atoms with Gasteiger partial charge in [-0.3, -0.25) is 4.99 Å². The Morgan fingerprint density at radius 2 is 1.74 bits per heavy atom. The Labute approximate surface area is 140 Å². The zero-order valence-corrected chi connectivity index (χ0v) is 15.3. The Bertz CT molecular complexity index is 482. The smallest absolute Gasteiger partial charge is 0.191 e. The number of guanidine groups is 1. The normalized spacial score (nSPS) is 12.6. The molecule has 0 fully saturated rings. The van der Waals surface area contributed by atoms with Gasteiger partial charge in [-0.1, -0.05) is 24.3 Å². The predicted octanol–water partition coefficient (Wildman–Crippen LogP) is 2.70. The summed E-state index contributed by atoms with van der Waals surface area (Å²) in [6.45, 7) is 10.2. The van der Waals surface area contributed by atoms with Gasteiger partial charge in [-0.05, 0) is 38.8 Å². The molecule has 0 aromatic heterocycles. The average Bonchev–Trinajstić information content (AvgIpc) is 2.54. The van der Waals surface area contributed by atoms with E-state index in [-0.39, 0.29) is 11.7 Å². The summed E-state index contributed by atoms with van der Waals surface area (Å²) in [6.07, 6.45) is 0.252. The van der Waals surface area contributed by atoms with Gasteiger partial charge < -0.3 is 20.1 Å². The number of nitrogens with one attached hydrogen (secondary N) is 2. The van der Waals surface area contributed by atoms with Gasteiger partial charge in [0.25, 0.3) is 0 Å². The van der Waals surface area contributed by atoms with Crippen molar-refractivity contribution in [2.24, 2.45) is 4.99 Å². The van der Waals surface area contributed by atoms with Crippen molar-refractivity contribution in [1.29, 1.82) is 0 Å². The van der Waals surface area contributed by atoms with E-state index in [1.807, 2.05) is 27.7 Å². The second-order valence-corrected chi connectivity index (χ2v) is 6.42. The lowest BCUT2D eigenvalue weighted by molar-refractivity contribution is 0.0268. The summed E-state index contributed by atoms with van der Waals surface area (Å²) >= 11 is 0. The Morgan fingerprint density at radius 3 is 2.26 bits per heavy atom. The Morgan fingerprint density at radius 1 is 1.13 bits per heavy atom. The standard InChI is InChI=1S/C18H31N3O2/c1-14(2)23-12-16-9-7-15(8-10-16)11-20-17(19-5)21-13-18(3,4)22-6/h7-10,14H,11-13H2,1-6H3,(H2,19,20,21). The van der Waals surface area contributed by atoms with Gasteiger partial charge in [-0.15, -0.1) is 0 Å². The first kappa shape index (κ1) is 19.5. The Kier molecular flexibility index (Phi) is 8.06. The quantitative estimate of drug-likeness (QED) is 0.571. The first-order chi connectivity index (χ1) is 10.9. The monoisotopic (exact) mass is 321 g/mol. The van der Waals surface area contributed by atoms with E-state index >= 15 is 0 Å². The number of nitrogens with zero attached hydrogens (tertiary/aromatic N) is 1. The largest absolute Gasteiger partial charge is 0.377 e. The van der Waals surface area contributed by atoms with Gasteiger partial charge in [0.2, 0.25) is 0 Å². The van der Waals surface area contributed by atoms with Gasteiger partial charge >= 0.3 is 0 Å². The first-order valence-corrected chi connectivity index (χ1v) is 8.05. The summed E-state index contributed by atoms with van der Waals surface area (Å²) < 4.78 is 11.0. The fourth-order valence-corrected chi connectivity index (χ4v) is 1.79. The maximum absolute atomic E-state index is 5.60. The van der Waals surface area contributed by atoms with Gasteiger partial charge in [0.05, 0.1) is 18.3 Å². The minimum absolute atomic E-state index is 0.227. The molecule has 0 bridgehead atoms. The van der Waals surface area contributed by atoms with Crippen LogP contribution in [0.15, 0.2) is 29.3 Å². The van der Waals surface area contributed by atoms with E-state index in [1.54, 1.807) is 14.2 Å². The van der Waals surface area contributed by atoms with Crippen LogP contribution in [0.25, 0.3) is 0 Å². The van der Waals surface area contributed by atoms with Crippen molar-refractivity contribution in [2.45, 2.75) is 52.6 Å². The molecule has 0 heterocycles. The molecule has 0 atom stereocenters. The summed E-state index contributed by atoms with van der Waals surface area (Å²) in [5, 5.41) is 6.57. The molecule has 23 heavy (non-hydrogen) atoms. The molecule has 2 N–H and O–H groups in total. The molecule has 1 aromatic rings. The van der Waals surface area contributed by atoms with Crippen LogP contribution in [0, 0.1) is 0 Å². The van der Waals surface area contributed by atoms with Crippen LogP contribution >= 0.6 is 0 Å². The zero-order chi connectivity index (χ0) is 17.3. The number of rotatable bonds is 8. The van der Waals surface area contributed by atoms with Crippen molar-refractivity contribution < 1.29 is 9.47 Å². The molecule has 0 unspecified atom stereocenters. The first-order valence-electron chi connectivity index (χ1n) is 8.05. The number of ether oxygens (including phenoxy) is 2. The minimum Gasteiger partial charge on any atom is -0.377 e. The second-order valence-electron chi connectivity index (χ2n) is 6.42. The van der Waals surface area contributed by atoms with Crippen LogP contribution in [0.3, 0.4) is 0 Å². The van der Waals surface area contributed by atoms with Crippen LogP contribution in [-0.2, 0) is 22.6 Å². The molecule has 0 radical (unpaired) electrons. The van der Waals surface area contributed by atoms with Gasteiger partial charge in [-0.2, -0.15) is 0 Å². The molecule has 0 saturated carbocycles. The molecule has 0 saturated heterocycles. The highest BCUT2D eigenvalue weighted by molar-refractivity contribution is 5.79. The third kappa shape index (κ3) is 8.00. The summed E-state index contributed by atoms with van der Waals surface area (Å²) in [7, 11) is 3.48. The maximum atomic E-state index is 5.60. The fourth-order valence-electron chi connectivity index (χ4n) is 1.79. The van der Waals surface area contributed by atoms with E-state index in [2.05, 4.69) is 39.9 Å². The highest BCUT2D eigenvalue weighted by Crippen LogP contribution is 2.07. The van der Waals surface area contributed by atoms with E-state index in [1.165, 1.54) is 11.1 Å². The van der Waals surface area contributed by atoms with E-state index in [9.17, 15) is 0 Å². The van der Waals surface area contributed by atoms with Crippen molar-refractivity contribution in [2.75, 3.05) is 20.7 Å². The Balaban J connectivity index is 2.43. The van der Waals surface area contributed by atoms with Crippen LogP contribution in [-0.4, -0.2) is 38.4 Å². The molecular weight excluding hydrogens is 290 g/mol. The van der Waals surface area contributed by atoms with Crippen molar-refractivity contribution in [3.63, 3.8) is 0 Å². The van der Waals surface area contributed by atoms with Crippen molar-refractivity contribution in [3.05, 3.63) is 35.4 Å². The number of hydrogen-bond acceptors (Lipinski definition) is 3. The van der Waals surface area contributed by atoms with Crippen LogP contribution in [0.1, 0.15) is 38.8 Å². The van der Waals surface area contributed by atoms with Crippen molar-refractivity contribution >= 4 is 5.96 Å². The zero-order valence-electron chi connectivity index (χ0n) is 15.3. The van der Waals surface area contributed by atoms with Crippen molar-refractivity contribution in [1.82, 2.24) is 10.6 Å². The van der Waals surface area contributed by atoms with Gasteiger partial charge in [0.1, 0.15) is 0 Å². The molecule has 5 nitrogen and oxygen atoms in total. The predicted molar refractivity (Wildman–Crippen MR) is 95.7 cm³/mol. The highest BCUT2D eigenvalue weighted by atomic mass is 16.5. The van der Waals surface area contributed by atoms with E-state index in [4.69, 9.17) is 9.47 Å². The van der Waals surface area contributed by atoms with Crippen LogP contribution in [0.2, 0.25) is 0 Å². The highest BCUT2D eigenvalue weighted by Gasteiger charge is 2.16. The average molecular weight is 321 g/mol. The number of aliphatic imine (C=N–C) groups is 1. The summed E-state index contributed by atoms with van der Waals surface area (Å²) in [5.41, 5.74) is 2.16. The molecule has 5 heteroatoms. The minimum atomic E-state index is -0.227. The van der Waals surface area contributed by atoms with Crippen LogP contribution in [0.5, 0.6) is 0 Å². The van der Waals surface area contributed by atoms with E-state index in [0.29, 0.717) is 13.2 Å². The lowest BCUT2D eigenvalue weighted by atomic mass is 10.1. The van der Waals surface area contributed by atoms with Crippen molar-refractivity contribution in [3.8, 4) is 0 Å². The summed E-state index contributed by atoms with van der Waals surface area (Å²) in [5.74, 6) is 0.766. The lowest BCUT2D eigenvalue weighted by Gasteiger charge is -2.24. The third-order valence-corrected chi connectivity index (χ3v) is 3.52. The summed E-state index contributed by atoms with van der Waals surface area (Å²) in [6, 6.07) is 8.42. The fraction of sp³-hybridized carbons (Fsp3) is 0.611. The molecule has 1 aromatic carbocycles. The number of benzene rings is 1. The molecule has 0 aliphatic rings. The summed E-state index contributed by atoms with van der Waals surface area (Å²) in [4.78, 5) is 4.23. The SMILES string of the molecule is CN=C(NCc1ccc(COC(C)C)cc1)NCC(C)(C)OC. The van der Waals surface area contributed by atoms with Crippen LogP contribution in [0.4, 0.5) is 0 Å². The lowest BCUT2D eigenvalue weighted by Crippen LogP contribution is -2.45. The third-order valence-electron chi connectivity index (χ3n) is 3.52. The molecule has 0 aliphatic carbocycles. The molecule has 0 spiro atoms. The Hall–Kier alpha value is -1.59. The van der Waals surface area contributed by atoms with E-state index in [0.717, 1.165) is 12.5 Å². The topological polar surface area (TPSA) is 54.9 Å². The molecule has 0 aliphatic heterocycles. The van der Waals surface area contributed by atoms with Gasteiger partial charge in [0.15, 0.2) is 5.96 Å².